The number of hydrogen-bond donors (Lipinski definition) is 0. The number of nitrogens with zero attached hydrogens (tertiary/aromatic N) is 1. The number of halogens is 2. The van der Waals surface area contributed by atoms with Crippen LogP contribution in [0.1, 0.15) is 34.3 Å². The molecular formula is C25H19Cl2NO4. The van der Waals surface area contributed by atoms with Gasteiger partial charge in [0.15, 0.2) is 11.9 Å². The Morgan fingerprint density at radius 2 is 1.66 bits per heavy atom. The first kappa shape index (κ1) is 22.1. The Morgan fingerprint density at radius 1 is 0.938 bits per heavy atom. The van der Waals surface area contributed by atoms with E-state index in [9.17, 15) is 14.4 Å². The molecule has 1 amide bonds. The summed E-state index contributed by atoms with van der Waals surface area (Å²) < 4.78 is 5.23. The minimum atomic E-state index is -0.898. The van der Waals surface area contributed by atoms with Crippen LogP contribution in [0, 0.1) is 0 Å². The number of rotatable bonds is 6. The largest absolute Gasteiger partial charge is 0.452 e. The van der Waals surface area contributed by atoms with Crippen molar-refractivity contribution < 1.29 is 19.1 Å². The third-order valence-electron chi connectivity index (χ3n) is 5.22. The fourth-order valence-electron chi connectivity index (χ4n) is 3.64. The molecule has 0 aromatic heterocycles. The van der Waals surface area contributed by atoms with Crippen LogP contribution in [0.5, 0.6) is 0 Å². The number of cyclic esters (lactones) is 1. The van der Waals surface area contributed by atoms with Gasteiger partial charge < -0.3 is 9.64 Å². The van der Waals surface area contributed by atoms with Crippen LogP contribution in [-0.2, 0) is 20.9 Å². The maximum atomic E-state index is 13.4. The normalized spacial score (nSPS) is 15.3. The lowest BCUT2D eigenvalue weighted by Gasteiger charge is -2.27. The lowest BCUT2D eigenvalue weighted by molar-refractivity contribution is -0.147. The number of amides is 1. The Balaban J connectivity index is 1.80. The zero-order chi connectivity index (χ0) is 22.7. The molecule has 162 valence electrons. The van der Waals surface area contributed by atoms with E-state index in [0.717, 1.165) is 5.56 Å². The van der Waals surface area contributed by atoms with Crippen molar-refractivity contribution in [1.29, 1.82) is 0 Å². The molecule has 3 aromatic carbocycles. The van der Waals surface area contributed by atoms with E-state index < -0.39 is 18.0 Å². The van der Waals surface area contributed by atoms with Crippen molar-refractivity contribution in [3.05, 3.63) is 99.5 Å². The number of hydrogen-bond acceptors (Lipinski definition) is 4. The molecule has 1 atom stereocenters. The Morgan fingerprint density at radius 3 is 2.34 bits per heavy atom. The molecule has 0 radical (unpaired) electrons. The van der Waals surface area contributed by atoms with Crippen LogP contribution < -0.4 is 4.90 Å². The van der Waals surface area contributed by atoms with E-state index in [-0.39, 0.29) is 24.3 Å². The highest BCUT2D eigenvalue weighted by molar-refractivity contribution is 6.36. The number of ether oxygens (including phenoxy) is 1. The molecule has 0 spiro atoms. The van der Waals surface area contributed by atoms with Crippen molar-refractivity contribution in [2.45, 2.75) is 25.5 Å². The molecular weight excluding hydrogens is 449 g/mol. The van der Waals surface area contributed by atoms with E-state index >= 15 is 0 Å². The van der Waals surface area contributed by atoms with Gasteiger partial charge in [-0.05, 0) is 35.9 Å². The average molecular weight is 468 g/mol. The Kier molecular flexibility index (Phi) is 6.58. The summed E-state index contributed by atoms with van der Waals surface area (Å²) >= 11 is 12.5. The molecule has 0 N–H and O–H groups in total. The first-order chi connectivity index (χ1) is 15.4. The maximum Gasteiger partial charge on any atom is 0.306 e. The van der Waals surface area contributed by atoms with Gasteiger partial charge in [-0.25, -0.2) is 0 Å². The first-order valence-electron chi connectivity index (χ1n) is 10.1. The smallest absolute Gasteiger partial charge is 0.306 e. The molecule has 1 saturated heterocycles. The molecule has 5 nitrogen and oxygen atoms in total. The van der Waals surface area contributed by atoms with E-state index in [1.165, 1.54) is 11.0 Å². The van der Waals surface area contributed by atoms with Gasteiger partial charge in [0, 0.05) is 29.0 Å². The number of esters is 1. The van der Waals surface area contributed by atoms with E-state index in [1.54, 1.807) is 36.4 Å². The van der Waals surface area contributed by atoms with Gasteiger partial charge in [0.1, 0.15) is 0 Å². The van der Waals surface area contributed by atoms with Crippen molar-refractivity contribution in [2.75, 3.05) is 4.90 Å². The van der Waals surface area contributed by atoms with Crippen LogP contribution in [0.4, 0.5) is 5.69 Å². The summed E-state index contributed by atoms with van der Waals surface area (Å²) in [7, 11) is 0. The molecule has 1 aliphatic rings. The predicted octanol–water partition coefficient (Wildman–Crippen LogP) is 5.46. The highest BCUT2D eigenvalue weighted by atomic mass is 35.5. The van der Waals surface area contributed by atoms with Crippen molar-refractivity contribution in [2.24, 2.45) is 0 Å². The fraction of sp³-hybridized carbons (Fsp3) is 0.160. The van der Waals surface area contributed by atoms with Gasteiger partial charge in [-0.15, -0.1) is 0 Å². The summed E-state index contributed by atoms with van der Waals surface area (Å²) in [6.07, 6.45) is -0.420. The maximum absolute atomic E-state index is 13.4. The Labute approximate surface area is 195 Å². The van der Waals surface area contributed by atoms with E-state index in [2.05, 4.69) is 0 Å². The van der Waals surface area contributed by atoms with E-state index in [4.69, 9.17) is 27.9 Å². The van der Waals surface area contributed by atoms with Gasteiger partial charge in [0.2, 0.25) is 0 Å². The second-order valence-electron chi connectivity index (χ2n) is 7.40. The molecule has 1 fully saturated rings. The Bertz CT molecular complexity index is 1180. The predicted molar refractivity (Wildman–Crippen MR) is 123 cm³/mol. The molecule has 1 aliphatic heterocycles. The fourth-order valence-corrected chi connectivity index (χ4v) is 4.03. The zero-order valence-corrected chi connectivity index (χ0v) is 18.5. The average Bonchev–Trinajstić information content (AvgIpc) is 3.24. The van der Waals surface area contributed by atoms with Gasteiger partial charge in [0.25, 0.3) is 5.91 Å². The van der Waals surface area contributed by atoms with Crippen LogP contribution in [0.2, 0.25) is 10.0 Å². The third kappa shape index (κ3) is 4.69. The minimum absolute atomic E-state index is 0.182. The van der Waals surface area contributed by atoms with Gasteiger partial charge in [-0.3, -0.25) is 14.4 Å². The highest BCUT2D eigenvalue weighted by Crippen LogP contribution is 2.31. The standard InChI is InChI=1S/C25H19Cl2NO4/c26-17-10-11-21(19(14-17)24(30)18-8-4-5-9-20(18)27)28(15-16-6-2-1-3-7-16)25(31)22-12-13-23(29)32-22/h1-11,14,22H,12-13,15H2. The molecule has 7 heteroatoms. The monoisotopic (exact) mass is 467 g/mol. The van der Waals surface area contributed by atoms with Gasteiger partial charge in [-0.2, -0.15) is 0 Å². The molecule has 0 bridgehead atoms. The van der Waals surface area contributed by atoms with Crippen LogP contribution in [-0.4, -0.2) is 23.8 Å². The van der Waals surface area contributed by atoms with Gasteiger partial charge >= 0.3 is 5.97 Å². The third-order valence-corrected chi connectivity index (χ3v) is 5.79. The Hall–Kier alpha value is -3.15. The summed E-state index contributed by atoms with van der Waals surface area (Å²) in [5, 5.41) is 0.651. The molecule has 1 unspecified atom stereocenters. The second kappa shape index (κ2) is 9.55. The summed E-state index contributed by atoms with van der Waals surface area (Å²) in [4.78, 5) is 40.0. The quantitative estimate of drug-likeness (QED) is 0.356. The second-order valence-corrected chi connectivity index (χ2v) is 8.24. The van der Waals surface area contributed by atoms with Crippen molar-refractivity contribution in [3.63, 3.8) is 0 Å². The number of anilines is 1. The molecule has 1 heterocycles. The summed E-state index contributed by atoms with van der Waals surface area (Å²) in [5.74, 6) is -1.16. The number of carbonyl (C=O) groups excluding carboxylic acids is 3. The lowest BCUT2D eigenvalue weighted by Crippen LogP contribution is -2.39. The van der Waals surface area contributed by atoms with Gasteiger partial charge in [0.05, 0.1) is 17.3 Å². The lowest BCUT2D eigenvalue weighted by atomic mass is 10.00. The molecule has 3 aromatic rings. The topological polar surface area (TPSA) is 63.7 Å². The van der Waals surface area contributed by atoms with E-state index in [0.29, 0.717) is 27.7 Å². The zero-order valence-electron chi connectivity index (χ0n) is 17.0. The number of benzene rings is 3. The number of carbonyl (C=O) groups is 3. The van der Waals surface area contributed by atoms with Crippen LogP contribution in [0.3, 0.4) is 0 Å². The summed E-state index contributed by atoms with van der Waals surface area (Å²) in [6, 6.07) is 20.8. The van der Waals surface area contributed by atoms with Gasteiger partial charge in [-0.1, -0.05) is 65.7 Å². The molecule has 0 aliphatic carbocycles. The van der Waals surface area contributed by atoms with Crippen LogP contribution in [0.15, 0.2) is 72.8 Å². The SMILES string of the molecule is O=C1CCC(C(=O)N(Cc2ccccc2)c2ccc(Cl)cc2C(=O)c2ccccc2Cl)O1. The molecule has 0 saturated carbocycles. The van der Waals surface area contributed by atoms with Crippen molar-refractivity contribution >= 4 is 46.5 Å². The van der Waals surface area contributed by atoms with Crippen LogP contribution in [0.25, 0.3) is 0 Å². The summed E-state index contributed by atoms with van der Waals surface area (Å²) in [6.45, 7) is 0.193. The van der Waals surface area contributed by atoms with Crippen molar-refractivity contribution in [3.8, 4) is 0 Å². The molecule has 32 heavy (non-hydrogen) atoms. The number of ketones is 1. The molecule has 4 rings (SSSR count). The first-order valence-corrected chi connectivity index (χ1v) is 10.8. The van der Waals surface area contributed by atoms with Crippen LogP contribution >= 0.6 is 23.2 Å². The minimum Gasteiger partial charge on any atom is -0.452 e. The van der Waals surface area contributed by atoms with Crippen molar-refractivity contribution in [1.82, 2.24) is 0 Å². The van der Waals surface area contributed by atoms with E-state index in [1.807, 2.05) is 30.3 Å². The highest BCUT2D eigenvalue weighted by Gasteiger charge is 2.35. The summed E-state index contributed by atoms with van der Waals surface area (Å²) in [5.41, 5.74) is 1.77.